The molecule has 0 bridgehead atoms. The highest BCUT2D eigenvalue weighted by Gasteiger charge is 2.21. The van der Waals surface area contributed by atoms with Gasteiger partial charge < -0.3 is 4.90 Å². The molecular formula is C16H20N4OS. The van der Waals surface area contributed by atoms with Gasteiger partial charge in [0.15, 0.2) is 0 Å². The predicted molar refractivity (Wildman–Crippen MR) is 86.5 cm³/mol. The van der Waals surface area contributed by atoms with Crippen molar-refractivity contribution in [2.75, 3.05) is 20.1 Å². The molecule has 3 heterocycles. The highest BCUT2D eigenvalue weighted by atomic mass is 32.1. The Labute approximate surface area is 134 Å². The first-order valence-corrected chi connectivity index (χ1v) is 8.35. The zero-order valence-corrected chi connectivity index (χ0v) is 13.8. The molecule has 0 saturated carbocycles. The largest absolute Gasteiger partial charge is 0.340 e. The number of thiophene rings is 1. The van der Waals surface area contributed by atoms with Crippen molar-refractivity contribution in [1.82, 2.24) is 19.8 Å². The molecule has 116 valence electrons. The minimum atomic E-state index is 0.153. The third-order valence-corrected chi connectivity index (χ3v) is 4.66. The molecule has 0 unspecified atom stereocenters. The van der Waals surface area contributed by atoms with E-state index < -0.39 is 0 Å². The average Bonchev–Trinajstić information content (AvgIpc) is 2.99. The summed E-state index contributed by atoms with van der Waals surface area (Å²) in [6.45, 7) is 4.64. The molecule has 2 aromatic rings. The second kappa shape index (κ2) is 6.54. The van der Waals surface area contributed by atoms with Gasteiger partial charge in [0.05, 0.1) is 12.2 Å². The third kappa shape index (κ3) is 3.51. The van der Waals surface area contributed by atoms with Gasteiger partial charge in [-0.15, -0.1) is 0 Å². The number of amides is 1. The van der Waals surface area contributed by atoms with Crippen LogP contribution in [-0.4, -0.2) is 45.8 Å². The minimum absolute atomic E-state index is 0.153. The van der Waals surface area contributed by atoms with Crippen LogP contribution in [0.3, 0.4) is 0 Å². The molecule has 0 radical (unpaired) electrons. The maximum Gasteiger partial charge on any atom is 0.236 e. The normalized spacial score (nSPS) is 14.6. The van der Waals surface area contributed by atoms with Crippen LogP contribution in [-0.2, 0) is 24.3 Å². The van der Waals surface area contributed by atoms with Crippen molar-refractivity contribution in [3.8, 4) is 0 Å². The topological polar surface area (TPSA) is 49.3 Å². The molecule has 6 heteroatoms. The SMILES string of the molecule is Cc1ncc2c(n1)CN(CC(=O)N(C)Cc1ccsc1)CC2. The first kappa shape index (κ1) is 15.1. The van der Waals surface area contributed by atoms with Crippen LogP contribution in [0.1, 0.15) is 22.6 Å². The number of carbonyl (C=O) groups is 1. The molecular weight excluding hydrogens is 296 g/mol. The summed E-state index contributed by atoms with van der Waals surface area (Å²) in [6, 6.07) is 2.06. The summed E-state index contributed by atoms with van der Waals surface area (Å²) >= 11 is 1.66. The van der Waals surface area contributed by atoms with Crippen molar-refractivity contribution in [1.29, 1.82) is 0 Å². The molecule has 0 atom stereocenters. The Kier molecular flexibility index (Phi) is 4.49. The lowest BCUT2D eigenvalue weighted by Crippen LogP contribution is -2.40. The van der Waals surface area contributed by atoms with Crippen LogP contribution in [0.15, 0.2) is 23.0 Å². The lowest BCUT2D eigenvalue weighted by Gasteiger charge is -2.29. The van der Waals surface area contributed by atoms with Crippen LogP contribution < -0.4 is 0 Å². The maximum atomic E-state index is 12.4. The first-order valence-electron chi connectivity index (χ1n) is 7.40. The number of rotatable bonds is 4. The Morgan fingerprint density at radius 3 is 3.14 bits per heavy atom. The van der Waals surface area contributed by atoms with Crippen molar-refractivity contribution in [3.63, 3.8) is 0 Å². The van der Waals surface area contributed by atoms with Gasteiger partial charge >= 0.3 is 0 Å². The Morgan fingerprint density at radius 2 is 2.36 bits per heavy atom. The molecule has 0 N–H and O–H groups in total. The van der Waals surface area contributed by atoms with Crippen LogP contribution in [0.4, 0.5) is 0 Å². The monoisotopic (exact) mass is 316 g/mol. The molecule has 1 aliphatic heterocycles. The second-order valence-electron chi connectivity index (χ2n) is 5.73. The number of hydrogen-bond donors (Lipinski definition) is 0. The molecule has 0 aromatic carbocycles. The van der Waals surface area contributed by atoms with Crippen molar-refractivity contribution in [3.05, 3.63) is 45.7 Å². The average molecular weight is 316 g/mol. The van der Waals surface area contributed by atoms with Gasteiger partial charge in [0.25, 0.3) is 0 Å². The van der Waals surface area contributed by atoms with E-state index in [-0.39, 0.29) is 5.91 Å². The Morgan fingerprint density at radius 1 is 1.50 bits per heavy atom. The molecule has 0 aliphatic carbocycles. The summed E-state index contributed by atoms with van der Waals surface area (Å²) in [7, 11) is 1.87. The van der Waals surface area contributed by atoms with Gasteiger partial charge in [-0.05, 0) is 41.3 Å². The fourth-order valence-electron chi connectivity index (χ4n) is 2.65. The Hall–Kier alpha value is -1.79. The third-order valence-electron chi connectivity index (χ3n) is 3.93. The van der Waals surface area contributed by atoms with Gasteiger partial charge in [-0.25, -0.2) is 9.97 Å². The number of aryl methyl sites for hydroxylation is 1. The van der Waals surface area contributed by atoms with Gasteiger partial charge in [0, 0.05) is 32.9 Å². The number of nitrogens with zero attached hydrogens (tertiary/aromatic N) is 4. The smallest absolute Gasteiger partial charge is 0.236 e. The number of fused-ring (bicyclic) bond motifs is 1. The highest BCUT2D eigenvalue weighted by molar-refractivity contribution is 7.07. The van der Waals surface area contributed by atoms with E-state index in [1.54, 1.807) is 16.2 Å². The quantitative estimate of drug-likeness (QED) is 0.864. The van der Waals surface area contributed by atoms with Crippen LogP contribution in [0, 0.1) is 6.92 Å². The molecule has 5 nitrogen and oxygen atoms in total. The van der Waals surface area contributed by atoms with Crippen LogP contribution >= 0.6 is 11.3 Å². The van der Waals surface area contributed by atoms with E-state index in [4.69, 9.17) is 0 Å². The van der Waals surface area contributed by atoms with E-state index in [1.807, 2.05) is 25.5 Å². The van der Waals surface area contributed by atoms with Gasteiger partial charge in [-0.1, -0.05) is 0 Å². The van der Waals surface area contributed by atoms with E-state index >= 15 is 0 Å². The molecule has 0 fully saturated rings. The van der Waals surface area contributed by atoms with E-state index in [2.05, 4.69) is 26.3 Å². The molecule has 0 spiro atoms. The molecule has 1 amide bonds. The molecule has 22 heavy (non-hydrogen) atoms. The Balaban J connectivity index is 1.58. The second-order valence-corrected chi connectivity index (χ2v) is 6.51. The fourth-order valence-corrected chi connectivity index (χ4v) is 3.31. The number of carbonyl (C=O) groups excluding carboxylic acids is 1. The number of likely N-dealkylation sites (N-methyl/N-ethyl adjacent to an activating group) is 1. The lowest BCUT2D eigenvalue weighted by molar-refractivity contribution is -0.131. The van der Waals surface area contributed by atoms with Crippen LogP contribution in [0.5, 0.6) is 0 Å². The van der Waals surface area contributed by atoms with Crippen LogP contribution in [0.25, 0.3) is 0 Å². The van der Waals surface area contributed by atoms with Gasteiger partial charge in [0.1, 0.15) is 5.82 Å². The predicted octanol–water partition coefficient (Wildman–Crippen LogP) is 1.86. The summed E-state index contributed by atoms with van der Waals surface area (Å²) in [6.07, 6.45) is 2.83. The van der Waals surface area contributed by atoms with Crippen molar-refractivity contribution in [2.45, 2.75) is 26.4 Å². The lowest BCUT2D eigenvalue weighted by atomic mass is 10.1. The molecule has 0 saturated heterocycles. The van der Waals surface area contributed by atoms with E-state index in [0.717, 1.165) is 31.0 Å². The Bertz CT molecular complexity index is 656. The maximum absolute atomic E-state index is 12.4. The highest BCUT2D eigenvalue weighted by Crippen LogP contribution is 2.16. The van der Waals surface area contributed by atoms with E-state index in [0.29, 0.717) is 13.1 Å². The summed E-state index contributed by atoms with van der Waals surface area (Å²) in [5.41, 5.74) is 3.46. The molecule has 2 aromatic heterocycles. The van der Waals surface area contributed by atoms with E-state index in [9.17, 15) is 4.79 Å². The van der Waals surface area contributed by atoms with Gasteiger partial charge in [0.2, 0.25) is 5.91 Å². The van der Waals surface area contributed by atoms with Gasteiger partial charge in [-0.2, -0.15) is 11.3 Å². The van der Waals surface area contributed by atoms with Crippen LogP contribution in [0.2, 0.25) is 0 Å². The minimum Gasteiger partial charge on any atom is -0.340 e. The molecule has 3 rings (SSSR count). The van der Waals surface area contributed by atoms with Crippen molar-refractivity contribution < 1.29 is 4.79 Å². The summed E-state index contributed by atoms with van der Waals surface area (Å²) in [5, 5.41) is 4.12. The fraction of sp³-hybridized carbons (Fsp3) is 0.438. The first-order chi connectivity index (χ1) is 10.6. The number of aromatic nitrogens is 2. The summed E-state index contributed by atoms with van der Waals surface area (Å²) in [4.78, 5) is 25.1. The molecule has 1 aliphatic rings. The number of hydrogen-bond acceptors (Lipinski definition) is 5. The standard InChI is InChI=1S/C16H20N4OS/c1-12-17-7-14-3-5-20(9-15(14)18-12)10-16(21)19(2)8-13-4-6-22-11-13/h4,6-7,11H,3,5,8-10H2,1-2H3. The zero-order valence-electron chi connectivity index (χ0n) is 13.0. The summed E-state index contributed by atoms with van der Waals surface area (Å²) in [5.74, 6) is 0.946. The zero-order chi connectivity index (χ0) is 15.5. The van der Waals surface area contributed by atoms with Gasteiger partial charge in [-0.3, -0.25) is 9.69 Å². The summed E-state index contributed by atoms with van der Waals surface area (Å²) < 4.78 is 0. The van der Waals surface area contributed by atoms with Crippen molar-refractivity contribution in [2.24, 2.45) is 0 Å². The van der Waals surface area contributed by atoms with Crippen molar-refractivity contribution >= 4 is 17.2 Å². The van der Waals surface area contributed by atoms with E-state index in [1.165, 1.54) is 11.1 Å².